The average Bonchev–Trinajstić information content (AvgIpc) is 2.42. The Morgan fingerprint density at radius 2 is 2.05 bits per heavy atom. The van der Waals surface area contributed by atoms with Crippen molar-refractivity contribution in [3.63, 3.8) is 0 Å². The van der Waals surface area contributed by atoms with Crippen molar-refractivity contribution in [1.29, 1.82) is 0 Å². The van der Waals surface area contributed by atoms with Crippen LogP contribution in [0.5, 0.6) is 0 Å². The van der Waals surface area contributed by atoms with E-state index in [9.17, 15) is 14.0 Å². The van der Waals surface area contributed by atoms with Crippen LogP contribution in [0.4, 0.5) is 10.1 Å². The number of aliphatic carboxylic acids is 1. The first kappa shape index (κ1) is 15.7. The van der Waals surface area contributed by atoms with E-state index in [1.165, 1.54) is 12.1 Å². The number of anilines is 1. The molecule has 1 fully saturated rings. The molecule has 21 heavy (non-hydrogen) atoms. The number of halogens is 2. The number of amides is 1. The van der Waals surface area contributed by atoms with Crippen molar-refractivity contribution in [2.45, 2.75) is 12.8 Å². The number of benzene rings is 1. The van der Waals surface area contributed by atoms with Crippen LogP contribution >= 0.6 is 11.6 Å². The lowest BCUT2D eigenvalue weighted by Gasteiger charge is -2.29. The smallest absolute Gasteiger partial charge is 0.306 e. The molecule has 0 atom stereocenters. The molecular formula is C14H16ClFN2O3. The largest absolute Gasteiger partial charge is 0.481 e. The number of piperidine rings is 1. The van der Waals surface area contributed by atoms with Crippen molar-refractivity contribution in [3.8, 4) is 0 Å². The number of nitrogens with one attached hydrogen (secondary N) is 1. The highest BCUT2D eigenvalue weighted by Gasteiger charge is 2.25. The van der Waals surface area contributed by atoms with Crippen molar-refractivity contribution in [1.82, 2.24) is 4.90 Å². The van der Waals surface area contributed by atoms with Gasteiger partial charge in [0.25, 0.3) is 0 Å². The number of carbonyl (C=O) groups excluding carboxylic acids is 1. The summed E-state index contributed by atoms with van der Waals surface area (Å²) in [6.07, 6.45) is 1.05. The third-order valence-electron chi connectivity index (χ3n) is 3.51. The molecule has 0 radical (unpaired) electrons. The van der Waals surface area contributed by atoms with Crippen LogP contribution < -0.4 is 5.32 Å². The topological polar surface area (TPSA) is 69.6 Å². The minimum absolute atomic E-state index is 0.0878. The maximum atomic E-state index is 13.6. The second-order valence-corrected chi connectivity index (χ2v) is 5.50. The van der Waals surface area contributed by atoms with Crippen LogP contribution in [-0.4, -0.2) is 41.5 Å². The number of carbonyl (C=O) groups is 2. The van der Waals surface area contributed by atoms with Gasteiger partial charge in [-0.25, -0.2) is 4.39 Å². The van der Waals surface area contributed by atoms with Crippen LogP contribution in [0.25, 0.3) is 0 Å². The standard InChI is InChI=1S/C14H16ClFN2O3/c15-10-1-2-12(11(16)7-10)17-13(19)8-18-5-3-9(4-6-18)14(20)21/h1-2,7,9H,3-6,8H2,(H,17,19)(H,20,21). The number of carboxylic acids is 1. The van der Waals surface area contributed by atoms with Crippen LogP contribution in [0.15, 0.2) is 18.2 Å². The van der Waals surface area contributed by atoms with E-state index in [1.807, 2.05) is 4.90 Å². The second-order valence-electron chi connectivity index (χ2n) is 5.06. The monoisotopic (exact) mass is 314 g/mol. The molecule has 2 rings (SSSR count). The molecule has 1 saturated heterocycles. The quantitative estimate of drug-likeness (QED) is 0.894. The van der Waals surface area contributed by atoms with Gasteiger partial charge in [-0.1, -0.05) is 11.6 Å². The Hall–Kier alpha value is -1.66. The van der Waals surface area contributed by atoms with Gasteiger partial charge in [-0.05, 0) is 44.1 Å². The van der Waals surface area contributed by atoms with E-state index < -0.39 is 11.8 Å². The number of rotatable bonds is 4. The van der Waals surface area contributed by atoms with Gasteiger partial charge in [0.15, 0.2) is 0 Å². The fourth-order valence-corrected chi connectivity index (χ4v) is 2.48. The van der Waals surface area contributed by atoms with E-state index in [1.54, 1.807) is 0 Å². The summed E-state index contributed by atoms with van der Waals surface area (Å²) in [7, 11) is 0. The lowest BCUT2D eigenvalue weighted by Crippen LogP contribution is -2.40. The van der Waals surface area contributed by atoms with Crippen molar-refractivity contribution >= 4 is 29.2 Å². The zero-order chi connectivity index (χ0) is 15.4. The van der Waals surface area contributed by atoms with Gasteiger partial charge in [0.2, 0.25) is 5.91 Å². The molecule has 1 aromatic carbocycles. The molecule has 5 nitrogen and oxygen atoms in total. The third kappa shape index (κ3) is 4.41. The Balaban J connectivity index is 1.84. The molecular weight excluding hydrogens is 299 g/mol. The maximum absolute atomic E-state index is 13.6. The first-order valence-corrected chi connectivity index (χ1v) is 7.03. The lowest BCUT2D eigenvalue weighted by atomic mass is 9.97. The first-order valence-electron chi connectivity index (χ1n) is 6.66. The van der Waals surface area contributed by atoms with E-state index in [0.717, 1.165) is 6.07 Å². The Kier molecular flexibility index (Phi) is 5.14. The molecule has 1 aliphatic heterocycles. The Morgan fingerprint density at radius 1 is 1.38 bits per heavy atom. The van der Waals surface area contributed by atoms with Crippen molar-refractivity contribution < 1.29 is 19.1 Å². The van der Waals surface area contributed by atoms with Gasteiger partial charge in [-0.15, -0.1) is 0 Å². The number of hydrogen-bond donors (Lipinski definition) is 2. The molecule has 1 aromatic rings. The molecule has 0 bridgehead atoms. The molecule has 1 heterocycles. The fourth-order valence-electron chi connectivity index (χ4n) is 2.32. The molecule has 0 aromatic heterocycles. The van der Waals surface area contributed by atoms with E-state index in [0.29, 0.717) is 25.9 Å². The molecule has 0 saturated carbocycles. The van der Waals surface area contributed by atoms with E-state index in [4.69, 9.17) is 16.7 Å². The predicted octanol–water partition coefficient (Wildman–Crippen LogP) is 2.21. The van der Waals surface area contributed by atoms with E-state index in [2.05, 4.69) is 5.32 Å². The summed E-state index contributed by atoms with van der Waals surface area (Å²) < 4.78 is 13.6. The third-order valence-corrected chi connectivity index (χ3v) is 3.74. The minimum atomic E-state index is -0.790. The van der Waals surface area contributed by atoms with Gasteiger partial charge in [0.1, 0.15) is 5.82 Å². The van der Waals surface area contributed by atoms with Crippen molar-refractivity contribution in [3.05, 3.63) is 29.0 Å². The molecule has 1 aliphatic rings. The van der Waals surface area contributed by atoms with Crippen molar-refractivity contribution in [2.24, 2.45) is 5.92 Å². The van der Waals surface area contributed by atoms with Gasteiger partial charge in [0, 0.05) is 5.02 Å². The molecule has 1 amide bonds. The zero-order valence-corrected chi connectivity index (χ0v) is 12.1. The highest BCUT2D eigenvalue weighted by atomic mass is 35.5. The fraction of sp³-hybridized carbons (Fsp3) is 0.429. The summed E-state index contributed by atoms with van der Waals surface area (Å²) in [6.45, 7) is 1.22. The summed E-state index contributed by atoms with van der Waals surface area (Å²) in [5.74, 6) is -2.04. The number of nitrogens with zero attached hydrogens (tertiary/aromatic N) is 1. The number of likely N-dealkylation sites (tertiary alicyclic amines) is 1. The molecule has 0 spiro atoms. The lowest BCUT2D eigenvalue weighted by molar-refractivity contribution is -0.143. The van der Waals surface area contributed by atoms with E-state index >= 15 is 0 Å². The second kappa shape index (κ2) is 6.87. The predicted molar refractivity (Wildman–Crippen MR) is 76.8 cm³/mol. The molecule has 7 heteroatoms. The molecule has 0 unspecified atom stereocenters. The van der Waals surface area contributed by atoms with Crippen LogP contribution in [0.1, 0.15) is 12.8 Å². The summed E-state index contributed by atoms with van der Waals surface area (Å²) in [5, 5.41) is 11.7. The molecule has 114 valence electrons. The first-order chi connectivity index (χ1) is 9.95. The Morgan fingerprint density at radius 3 is 2.62 bits per heavy atom. The highest BCUT2D eigenvalue weighted by Crippen LogP contribution is 2.20. The van der Waals surface area contributed by atoms with Gasteiger partial charge in [0.05, 0.1) is 18.2 Å². The molecule has 0 aliphatic carbocycles. The van der Waals surface area contributed by atoms with Crippen LogP contribution in [0.2, 0.25) is 5.02 Å². The summed E-state index contributed by atoms with van der Waals surface area (Å²) in [5.41, 5.74) is 0.0878. The zero-order valence-electron chi connectivity index (χ0n) is 11.3. The number of carboxylic acid groups (broad SMARTS) is 1. The Labute approximate surface area is 126 Å². The van der Waals surface area contributed by atoms with Crippen LogP contribution in [0, 0.1) is 11.7 Å². The Bertz CT molecular complexity index is 545. The van der Waals surface area contributed by atoms with Gasteiger partial charge < -0.3 is 10.4 Å². The van der Waals surface area contributed by atoms with Crippen LogP contribution in [0.3, 0.4) is 0 Å². The SMILES string of the molecule is O=C(CN1CCC(C(=O)O)CC1)Nc1ccc(Cl)cc1F. The average molecular weight is 315 g/mol. The summed E-state index contributed by atoms with van der Waals surface area (Å²) in [4.78, 5) is 24.6. The van der Waals surface area contributed by atoms with E-state index in [-0.39, 0.29) is 29.1 Å². The van der Waals surface area contributed by atoms with Gasteiger partial charge in [-0.3, -0.25) is 14.5 Å². The van der Waals surface area contributed by atoms with Gasteiger partial charge in [-0.2, -0.15) is 0 Å². The van der Waals surface area contributed by atoms with Gasteiger partial charge >= 0.3 is 5.97 Å². The molecule has 2 N–H and O–H groups in total. The highest BCUT2D eigenvalue weighted by molar-refractivity contribution is 6.30. The normalized spacial score (nSPS) is 16.7. The van der Waals surface area contributed by atoms with Crippen molar-refractivity contribution in [2.75, 3.05) is 25.0 Å². The maximum Gasteiger partial charge on any atom is 0.306 e. The summed E-state index contributed by atoms with van der Waals surface area (Å²) >= 11 is 5.64. The number of hydrogen-bond acceptors (Lipinski definition) is 3. The van der Waals surface area contributed by atoms with Crippen LogP contribution in [-0.2, 0) is 9.59 Å². The minimum Gasteiger partial charge on any atom is -0.481 e. The summed E-state index contributed by atoms with van der Waals surface area (Å²) in [6, 6.07) is 4.04.